The van der Waals surface area contributed by atoms with Crippen LogP contribution in [0.4, 0.5) is 0 Å². The molecule has 7 heteroatoms. The summed E-state index contributed by atoms with van der Waals surface area (Å²) in [4.78, 5) is 5.34. The van der Waals surface area contributed by atoms with E-state index < -0.39 is 0 Å². The summed E-state index contributed by atoms with van der Waals surface area (Å²) < 4.78 is 5.93. The molecule has 2 aromatic rings. The number of nitrogens with two attached hydrogens (primary N) is 1. The molecule has 1 unspecified atom stereocenters. The maximum atomic E-state index is 5.54. The Kier molecular flexibility index (Phi) is 3.60. The first kappa shape index (κ1) is 11.2. The maximum absolute atomic E-state index is 5.54. The number of aromatic nitrogens is 4. The van der Waals surface area contributed by atoms with Gasteiger partial charge in [-0.25, -0.2) is 4.98 Å². The zero-order chi connectivity index (χ0) is 11.4. The van der Waals surface area contributed by atoms with Crippen LogP contribution in [0.3, 0.4) is 0 Å². The van der Waals surface area contributed by atoms with Crippen LogP contribution in [-0.2, 0) is 13.0 Å². The second kappa shape index (κ2) is 5.15. The van der Waals surface area contributed by atoms with Crippen LogP contribution in [0.1, 0.15) is 23.7 Å². The number of nitrogens with one attached hydrogen (secondary N) is 1. The van der Waals surface area contributed by atoms with E-state index >= 15 is 0 Å². The van der Waals surface area contributed by atoms with Gasteiger partial charge in [-0.1, -0.05) is 4.49 Å². The van der Waals surface area contributed by atoms with Gasteiger partial charge in [0.25, 0.3) is 0 Å². The van der Waals surface area contributed by atoms with E-state index in [2.05, 4.69) is 31.5 Å². The number of hydrazine groups is 1. The molecule has 16 heavy (non-hydrogen) atoms. The van der Waals surface area contributed by atoms with Crippen LogP contribution >= 0.6 is 11.5 Å². The van der Waals surface area contributed by atoms with Crippen LogP contribution < -0.4 is 11.3 Å². The van der Waals surface area contributed by atoms with Crippen molar-refractivity contribution in [2.24, 2.45) is 5.84 Å². The van der Waals surface area contributed by atoms with E-state index in [4.69, 9.17) is 5.84 Å². The van der Waals surface area contributed by atoms with Crippen molar-refractivity contribution in [3.05, 3.63) is 29.3 Å². The normalized spacial score (nSPS) is 12.9. The molecule has 0 spiro atoms. The second-order valence-electron chi connectivity index (χ2n) is 3.37. The number of hydrogen-bond acceptors (Lipinski definition) is 6. The Balaban J connectivity index is 2.13. The first-order valence-electron chi connectivity index (χ1n) is 5.08. The van der Waals surface area contributed by atoms with Gasteiger partial charge in [0.15, 0.2) is 0 Å². The zero-order valence-electron chi connectivity index (χ0n) is 9.00. The van der Waals surface area contributed by atoms with Crippen LogP contribution in [0.5, 0.6) is 0 Å². The van der Waals surface area contributed by atoms with Gasteiger partial charge < -0.3 is 4.57 Å². The Labute approximate surface area is 97.6 Å². The molecule has 0 aliphatic carbocycles. The molecule has 0 bridgehead atoms. The summed E-state index contributed by atoms with van der Waals surface area (Å²) >= 11 is 1.35. The quantitative estimate of drug-likeness (QED) is 0.585. The summed E-state index contributed by atoms with van der Waals surface area (Å²) in [6.45, 7) is 3.00. The Morgan fingerprint density at radius 2 is 2.50 bits per heavy atom. The van der Waals surface area contributed by atoms with E-state index in [1.165, 1.54) is 11.5 Å². The van der Waals surface area contributed by atoms with Crippen molar-refractivity contribution in [3.8, 4) is 0 Å². The van der Waals surface area contributed by atoms with Crippen molar-refractivity contribution < 1.29 is 0 Å². The lowest BCUT2D eigenvalue weighted by atomic mass is 10.2. The standard InChI is InChI=1S/C9H14N6S/c1-2-15-4-3-11-9(15)5-7(13-10)8-6-12-14-16-8/h3-4,6-7,13H,2,5,10H2,1H3. The van der Waals surface area contributed by atoms with Crippen LogP contribution in [0.25, 0.3) is 0 Å². The van der Waals surface area contributed by atoms with Crippen LogP contribution in [0.2, 0.25) is 0 Å². The van der Waals surface area contributed by atoms with E-state index in [0.29, 0.717) is 0 Å². The molecule has 2 aromatic heterocycles. The van der Waals surface area contributed by atoms with Gasteiger partial charge >= 0.3 is 0 Å². The Morgan fingerprint density at radius 1 is 1.62 bits per heavy atom. The van der Waals surface area contributed by atoms with Crippen LogP contribution in [0, 0.1) is 0 Å². The number of rotatable bonds is 5. The fourth-order valence-electron chi connectivity index (χ4n) is 1.57. The molecule has 0 amide bonds. The molecular weight excluding hydrogens is 224 g/mol. The van der Waals surface area contributed by atoms with Gasteiger partial charge in [0.2, 0.25) is 0 Å². The summed E-state index contributed by atoms with van der Waals surface area (Å²) in [5, 5.41) is 3.81. The molecule has 0 saturated heterocycles. The van der Waals surface area contributed by atoms with Gasteiger partial charge in [-0.15, -0.1) is 5.10 Å². The molecule has 0 fully saturated rings. The molecule has 1 atom stereocenters. The molecule has 6 nitrogen and oxygen atoms in total. The van der Waals surface area contributed by atoms with E-state index in [0.717, 1.165) is 23.7 Å². The van der Waals surface area contributed by atoms with E-state index in [9.17, 15) is 0 Å². The van der Waals surface area contributed by atoms with E-state index in [1.807, 2.05) is 6.20 Å². The predicted molar refractivity (Wildman–Crippen MR) is 61.6 cm³/mol. The second-order valence-corrected chi connectivity index (χ2v) is 4.19. The average Bonchev–Trinajstić information content (AvgIpc) is 2.96. The van der Waals surface area contributed by atoms with Gasteiger partial charge in [-0.3, -0.25) is 11.3 Å². The highest BCUT2D eigenvalue weighted by Crippen LogP contribution is 2.18. The van der Waals surface area contributed by atoms with Crippen molar-refractivity contribution in [2.75, 3.05) is 0 Å². The highest BCUT2D eigenvalue weighted by molar-refractivity contribution is 7.05. The van der Waals surface area contributed by atoms with Crippen molar-refractivity contribution >= 4 is 11.5 Å². The molecule has 0 saturated carbocycles. The first-order chi connectivity index (χ1) is 7.85. The fourth-order valence-corrected chi connectivity index (χ4v) is 2.13. The first-order valence-corrected chi connectivity index (χ1v) is 5.86. The number of imidazole rings is 1. The molecule has 2 rings (SSSR count). The lowest BCUT2D eigenvalue weighted by Gasteiger charge is -2.13. The number of hydrogen-bond donors (Lipinski definition) is 2. The third-order valence-electron chi connectivity index (χ3n) is 2.45. The fraction of sp³-hybridized carbons (Fsp3) is 0.444. The Morgan fingerprint density at radius 3 is 3.12 bits per heavy atom. The molecular formula is C9H14N6S. The van der Waals surface area contributed by atoms with Gasteiger partial charge in [0.05, 0.1) is 17.1 Å². The molecule has 0 aliphatic heterocycles. The predicted octanol–water partition coefficient (Wildman–Crippen LogP) is 0.502. The average molecular weight is 238 g/mol. The lowest BCUT2D eigenvalue weighted by molar-refractivity contribution is 0.529. The molecule has 0 radical (unpaired) electrons. The smallest absolute Gasteiger partial charge is 0.110 e. The van der Waals surface area contributed by atoms with E-state index in [1.54, 1.807) is 12.4 Å². The highest BCUT2D eigenvalue weighted by Gasteiger charge is 2.15. The molecule has 86 valence electrons. The maximum Gasteiger partial charge on any atom is 0.110 e. The summed E-state index contributed by atoms with van der Waals surface area (Å²) in [6, 6.07) is 0.0210. The Bertz CT molecular complexity index is 423. The van der Waals surface area contributed by atoms with Crippen LogP contribution in [-0.4, -0.2) is 19.1 Å². The molecule has 0 aromatic carbocycles. The number of nitrogens with zero attached hydrogens (tertiary/aromatic N) is 4. The minimum Gasteiger partial charge on any atom is -0.335 e. The van der Waals surface area contributed by atoms with E-state index in [-0.39, 0.29) is 6.04 Å². The highest BCUT2D eigenvalue weighted by atomic mass is 32.1. The zero-order valence-corrected chi connectivity index (χ0v) is 9.81. The molecule has 3 N–H and O–H groups in total. The monoisotopic (exact) mass is 238 g/mol. The van der Waals surface area contributed by atoms with Gasteiger partial charge in [-0.05, 0) is 18.5 Å². The summed E-state index contributed by atoms with van der Waals surface area (Å²) in [6.07, 6.45) is 6.24. The van der Waals surface area contributed by atoms with Gasteiger partial charge in [0, 0.05) is 25.4 Å². The van der Waals surface area contributed by atoms with Crippen molar-refractivity contribution in [2.45, 2.75) is 25.9 Å². The summed E-state index contributed by atoms with van der Waals surface area (Å²) in [7, 11) is 0. The van der Waals surface area contributed by atoms with Crippen LogP contribution in [0.15, 0.2) is 18.6 Å². The lowest BCUT2D eigenvalue weighted by Crippen LogP contribution is -2.29. The molecule has 2 heterocycles. The topological polar surface area (TPSA) is 81.7 Å². The molecule has 0 aliphatic rings. The van der Waals surface area contributed by atoms with Gasteiger partial charge in [0.1, 0.15) is 5.82 Å². The van der Waals surface area contributed by atoms with Gasteiger partial charge in [-0.2, -0.15) is 0 Å². The third-order valence-corrected chi connectivity index (χ3v) is 3.23. The van der Waals surface area contributed by atoms with Crippen molar-refractivity contribution in [1.29, 1.82) is 0 Å². The summed E-state index contributed by atoms with van der Waals surface area (Å²) in [5.41, 5.74) is 2.77. The van der Waals surface area contributed by atoms with Crippen molar-refractivity contribution in [1.82, 2.24) is 24.6 Å². The number of aryl methyl sites for hydroxylation is 1. The summed E-state index contributed by atoms with van der Waals surface area (Å²) in [5.74, 6) is 6.55. The SMILES string of the molecule is CCn1ccnc1CC(NN)c1cnns1. The van der Waals surface area contributed by atoms with Crippen molar-refractivity contribution in [3.63, 3.8) is 0 Å². The minimum atomic E-state index is 0.0210. The largest absolute Gasteiger partial charge is 0.335 e. The third kappa shape index (κ3) is 2.26. The minimum absolute atomic E-state index is 0.0210. The Hall–Kier alpha value is -1.31.